The summed E-state index contributed by atoms with van der Waals surface area (Å²) in [5.74, 6) is 0. The van der Waals surface area contributed by atoms with Crippen molar-refractivity contribution in [1.82, 2.24) is 0 Å². The number of hydrogen-bond acceptors (Lipinski definition) is 0. The van der Waals surface area contributed by atoms with Crippen molar-refractivity contribution in [3.63, 3.8) is 0 Å². The van der Waals surface area contributed by atoms with E-state index in [2.05, 4.69) is 0 Å². The largest absolute Gasteiger partial charge is 3.00 e. The quantitative estimate of drug-likeness (QED) is 0.390. The Kier molecular flexibility index (Phi) is 157. The summed E-state index contributed by atoms with van der Waals surface area (Å²) in [7, 11) is 0. The van der Waals surface area contributed by atoms with Crippen LogP contribution in [-0.4, -0.2) is 55.1 Å². The van der Waals surface area contributed by atoms with E-state index in [1.165, 1.54) is 0 Å². The van der Waals surface area contributed by atoms with Gasteiger partial charge in [-0.15, -0.1) is 0 Å². The molecule has 0 fully saturated rings. The summed E-state index contributed by atoms with van der Waals surface area (Å²) in [6.07, 6.45) is 0. The first-order chi connectivity index (χ1) is 0. The van der Waals surface area contributed by atoms with E-state index >= 15 is 0 Å². The maximum absolute atomic E-state index is 0. The number of rotatable bonds is 0. The molecule has 0 bridgehead atoms. The third-order valence-corrected chi connectivity index (χ3v) is 0. The second-order valence-electron chi connectivity index (χ2n) is 0. The Morgan fingerprint density at radius 2 is 1.00 bits per heavy atom. The summed E-state index contributed by atoms with van der Waals surface area (Å²) < 4.78 is 0. The average Bonchev–Trinajstić information content (AvgIpc) is 0. The summed E-state index contributed by atoms with van der Waals surface area (Å²) in [5.41, 5.74) is 0. The van der Waals surface area contributed by atoms with Crippen LogP contribution in [0.4, 0.5) is 0 Å². The Morgan fingerprint density at radius 1 is 1.00 bits per heavy atom. The molecule has 0 aromatic carbocycles. The fourth-order valence-electron chi connectivity index (χ4n) is 0. The van der Waals surface area contributed by atoms with Crippen LogP contribution in [-0.2, 0) is 22.5 Å². The molecule has 0 atom stereocenters. The van der Waals surface area contributed by atoms with Gasteiger partial charge in [0, 0.05) is 0 Å². The fraction of sp³-hybridized carbons (Fsp3) is 0. The summed E-state index contributed by atoms with van der Waals surface area (Å²) in [4.78, 5) is 0. The van der Waals surface area contributed by atoms with Gasteiger partial charge in [-0.3, -0.25) is 0 Å². The topological polar surface area (TPSA) is 28.5 Å². The van der Waals surface area contributed by atoms with Crippen molar-refractivity contribution >= 4 is 55.1 Å². The first kappa shape index (κ1) is 33.8. The molecule has 1 nitrogen and oxygen atoms in total. The maximum atomic E-state index is 0. The zero-order valence-corrected chi connectivity index (χ0v) is 6.51. The van der Waals surface area contributed by atoms with Gasteiger partial charge in [0.2, 0.25) is 0 Å². The van der Waals surface area contributed by atoms with E-state index in [4.69, 9.17) is 0 Å². The molecule has 14 valence electrons. The Morgan fingerprint density at radius 3 is 1.00 bits per heavy atom. The third-order valence-electron chi connectivity index (χ3n) is 0. The zero-order chi connectivity index (χ0) is 0. The van der Waals surface area contributed by atoms with Gasteiger partial charge in [-0.05, 0) is 0 Å². The molecule has 0 radical (unpaired) electrons. The van der Waals surface area contributed by atoms with Gasteiger partial charge in [0.1, 0.15) is 0 Å². The Hall–Kier alpha value is 2.27. The molecule has 4 heteroatoms. The summed E-state index contributed by atoms with van der Waals surface area (Å²) >= 11 is 0. The Balaban J connectivity index is 0. The van der Waals surface area contributed by atoms with Crippen LogP contribution in [0, 0.1) is 0 Å². The van der Waals surface area contributed by atoms with Gasteiger partial charge in [-0.2, -0.15) is 0 Å². The first-order valence-corrected chi connectivity index (χ1v) is 0. The van der Waals surface area contributed by atoms with E-state index in [1.807, 2.05) is 0 Å². The molecule has 0 rings (SSSR count). The zero-order valence-electron chi connectivity index (χ0n) is 2.05. The third kappa shape index (κ3) is 8.86. The maximum Gasteiger partial charge on any atom is 3.00 e. The van der Waals surface area contributed by atoms with Gasteiger partial charge in [-0.1, -0.05) is 0 Å². The van der Waals surface area contributed by atoms with E-state index in [-0.39, 0.29) is 77.6 Å². The van der Waals surface area contributed by atoms with Crippen LogP contribution in [0.1, 0.15) is 0 Å². The molecule has 0 spiro atoms. The smallest absolute Gasteiger partial charge is 2.00 e. The van der Waals surface area contributed by atoms with Crippen LogP contribution in [0.5, 0.6) is 0 Å². The van der Waals surface area contributed by atoms with Crippen molar-refractivity contribution in [3.8, 4) is 0 Å². The summed E-state index contributed by atoms with van der Waals surface area (Å²) in [6.45, 7) is 0. The Bertz CT molecular complexity index is 8.00. The van der Waals surface area contributed by atoms with Gasteiger partial charge in [0.05, 0.1) is 0 Å². The van der Waals surface area contributed by atoms with Gasteiger partial charge < -0.3 is 5.48 Å². The molecule has 0 unspecified atom stereocenters. The molecular weight excluding hydrogens is 139 g/mol. The van der Waals surface area contributed by atoms with E-state index in [0.717, 1.165) is 0 Å². The minimum Gasteiger partial charge on any atom is -2.00 e. The molecule has 0 aromatic heterocycles. The van der Waals surface area contributed by atoms with Crippen molar-refractivity contribution in [2.24, 2.45) is 0 Å². The van der Waals surface area contributed by atoms with Gasteiger partial charge in [0.25, 0.3) is 0 Å². The monoisotopic (exact) mass is 139 g/mol. The van der Waals surface area contributed by atoms with Crippen molar-refractivity contribution in [3.05, 3.63) is 0 Å². The minimum absolute atomic E-state index is 0. The average molecular weight is 139 g/mol. The predicted molar refractivity (Wildman–Crippen MR) is 12.2 cm³/mol. The van der Waals surface area contributed by atoms with Crippen LogP contribution < -0.4 is 0 Å². The molecule has 0 aliphatic carbocycles. The van der Waals surface area contributed by atoms with Crippen molar-refractivity contribution in [2.75, 3.05) is 0 Å². The molecule has 4 heavy (non-hydrogen) atoms. The van der Waals surface area contributed by atoms with Crippen LogP contribution in [0.15, 0.2) is 0 Å². The second-order valence-corrected chi connectivity index (χ2v) is 0. The molecule has 0 saturated heterocycles. The van der Waals surface area contributed by atoms with Crippen LogP contribution >= 0.6 is 0 Å². The van der Waals surface area contributed by atoms with E-state index in [9.17, 15) is 0 Å². The summed E-state index contributed by atoms with van der Waals surface area (Å²) in [5, 5.41) is 0. The van der Waals surface area contributed by atoms with Crippen LogP contribution in [0.2, 0.25) is 0 Å². The first-order valence-electron chi connectivity index (χ1n) is 0. The van der Waals surface area contributed by atoms with Crippen LogP contribution in [0.3, 0.4) is 0 Å². The van der Waals surface area contributed by atoms with Crippen LogP contribution in [0.25, 0.3) is 0 Å². The van der Waals surface area contributed by atoms with Crippen molar-refractivity contribution in [1.29, 1.82) is 0 Å². The molecular formula is AlCaFeO+5. The molecule has 0 aliphatic heterocycles. The molecule has 0 heterocycles. The molecule has 0 saturated carbocycles. The van der Waals surface area contributed by atoms with E-state index in [1.54, 1.807) is 0 Å². The van der Waals surface area contributed by atoms with Crippen molar-refractivity contribution in [2.45, 2.75) is 0 Å². The van der Waals surface area contributed by atoms with Gasteiger partial charge in [0.15, 0.2) is 0 Å². The standard InChI is InChI=1S/Al.Ca.Fe.O/q+3;2*+2;-2. The molecule has 0 aromatic rings. The molecule has 0 amide bonds. The summed E-state index contributed by atoms with van der Waals surface area (Å²) in [6, 6.07) is 0. The second kappa shape index (κ2) is 18.6. The minimum atomic E-state index is 0. The fourth-order valence-corrected chi connectivity index (χ4v) is 0. The molecule has 0 aliphatic rings. The number of hydrogen-bond donors (Lipinski definition) is 0. The van der Waals surface area contributed by atoms with Gasteiger partial charge in [-0.25, -0.2) is 0 Å². The predicted octanol–water partition coefficient (Wildman–Crippen LogP) is -0.883. The van der Waals surface area contributed by atoms with Gasteiger partial charge >= 0.3 is 72.2 Å². The SMILES string of the molecule is [Al+3].[Ca+2].[Fe+2].[O-2]. The van der Waals surface area contributed by atoms with E-state index in [0.29, 0.717) is 0 Å². The molecule has 0 N–H and O–H groups in total. The Labute approximate surface area is 76.4 Å². The van der Waals surface area contributed by atoms with E-state index < -0.39 is 0 Å². The normalized spacial score (nSPS) is 0. The van der Waals surface area contributed by atoms with Crippen molar-refractivity contribution < 1.29 is 22.5 Å².